The van der Waals surface area contributed by atoms with E-state index >= 15 is 0 Å². The molecule has 0 unspecified atom stereocenters. The van der Waals surface area contributed by atoms with E-state index < -0.39 is 33.0 Å². The van der Waals surface area contributed by atoms with Crippen LogP contribution in [0.2, 0.25) is 0 Å². The van der Waals surface area contributed by atoms with Crippen LogP contribution in [-0.4, -0.2) is 44.8 Å². The van der Waals surface area contributed by atoms with Crippen LogP contribution in [0.1, 0.15) is 44.7 Å². The molecule has 0 fully saturated rings. The highest BCUT2D eigenvalue weighted by Gasteiger charge is 2.39. The molecule has 1 heterocycles. The third-order valence-corrected chi connectivity index (χ3v) is 7.28. The molecular weight excluding hydrogens is 462 g/mol. The largest absolute Gasteiger partial charge is 0.495 e. The number of anilines is 1. The minimum atomic E-state index is -3.98. The number of amides is 1. The third-order valence-electron chi connectivity index (χ3n) is 6.15. The number of methoxy groups -OCH3 is 1. The molecule has 11 heteroatoms. The quantitative estimate of drug-likeness (QED) is 0.419. The first-order valence-corrected chi connectivity index (χ1v) is 12.8. The lowest BCUT2D eigenvalue weighted by atomic mass is 9.83. The highest BCUT2D eigenvalue weighted by Crippen LogP contribution is 2.42. The van der Waals surface area contributed by atoms with Crippen LogP contribution in [0.3, 0.4) is 0 Å². The summed E-state index contributed by atoms with van der Waals surface area (Å²) in [5, 5.41) is 14.2. The van der Waals surface area contributed by atoms with Gasteiger partial charge in [-0.1, -0.05) is 32.0 Å². The molecule has 0 radical (unpaired) electrons. The van der Waals surface area contributed by atoms with Gasteiger partial charge < -0.3 is 14.8 Å². The number of benzene rings is 2. The maximum absolute atomic E-state index is 13.1. The molecule has 0 spiro atoms. The van der Waals surface area contributed by atoms with Gasteiger partial charge >= 0.3 is 0 Å². The number of carbonyl (C=O) groups is 1. The number of rotatable bonds is 9. The van der Waals surface area contributed by atoms with Gasteiger partial charge in [-0.05, 0) is 25.0 Å². The van der Waals surface area contributed by atoms with Crippen molar-refractivity contribution in [2.75, 3.05) is 24.2 Å². The predicted octanol–water partition coefficient (Wildman–Crippen LogP) is 3.57. The monoisotopic (exact) mass is 491 g/mol. The van der Waals surface area contributed by atoms with Crippen molar-refractivity contribution < 1.29 is 27.6 Å². The van der Waals surface area contributed by atoms with Crippen molar-refractivity contribution in [3.8, 4) is 11.5 Å². The Bertz CT molecular complexity index is 1180. The zero-order valence-electron chi connectivity index (χ0n) is 19.6. The molecule has 10 nitrogen and oxygen atoms in total. The average Bonchev–Trinajstić information content (AvgIpc) is 2.81. The fourth-order valence-corrected chi connectivity index (χ4v) is 5.02. The summed E-state index contributed by atoms with van der Waals surface area (Å²) in [6, 6.07) is 10.6. The van der Waals surface area contributed by atoms with Crippen LogP contribution in [0.4, 0.5) is 11.4 Å². The topological polar surface area (TPSA) is 128 Å². The molecule has 0 aliphatic carbocycles. The molecule has 0 aromatic heterocycles. The number of hydrogen-bond donors (Lipinski definition) is 1. The van der Waals surface area contributed by atoms with Crippen LogP contribution in [0.15, 0.2) is 42.5 Å². The molecule has 0 bridgehead atoms. The number of nitrogens with zero attached hydrogens (tertiary/aromatic N) is 2. The fraction of sp³-hybridized carbons (Fsp3) is 0.435. The number of nitro benzene ring substituents is 1. The van der Waals surface area contributed by atoms with E-state index in [0.717, 1.165) is 35.0 Å². The van der Waals surface area contributed by atoms with Crippen molar-refractivity contribution in [3.05, 3.63) is 58.1 Å². The minimum absolute atomic E-state index is 0.0850. The highest BCUT2D eigenvalue weighted by molar-refractivity contribution is 7.92. The van der Waals surface area contributed by atoms with E-state index in [9.17, 15) is 23.3 Å². The Balaban J connectivity index is 1.93. The normalized spacial score (nSPS) is 16.6. The van der Waals surface area contributed by atoms with Crippen LogP contribution >= 0.6 is 0 Å². The van der Waals surface area contributed by atoms with E-state index in [-0.39, 0.29) is 23.2 Å². The molecule has 1 atom stereocenters. The van der Waals surface area contributed by atoms with Gasteiger partial charge in [0.2, 0.25) is 15.9 Å². The van der Waals surface area contributed by atoms with Gasteiger partial charge in [-0.25, -0.2) is 8.42 Å². The van der Waals surface area contributed by atoms with Crippen LogP contribution in [0.25, 0.3) is 0 Å². The van der Waals surface area contributed by atoms with Gasteiger partial charge in [-0.15, -0.1) is 0 Å². The second-order valence-corrected chi connectivity index (χ2v) is 10.1. The van der Waals surface area contributed by atoms with Gasteiger partial charge in [0, 0.05) is 24.1 Å². The van der Waals surface area contributed by atoms with E-state index in [4.69, 9.17) is 9.47 Å². The fourth-order valence-electron chi connectivity index (χ4n) is 4.17. The zero-order valence-corrected chi connectivity index (χ0v) is 20.4. The van der Waals surface area contributed by atoms with Gasteiger partial charge in [-0.2, -0.15) is 0 Å². The summed E-state index contributed by atoms with van der Waals surface area (Å²) in [4.78, 5) is 23.7. The number of nitrogens with one attached hydrogen (secondary N) is 1. The Labute approximate surface area is 199 Å². The summed E-state index contributed by atoms with van der Waals surface area (Å²) in [6.45, 7) is 3.48. The van der Waals surface area contributed by atoms with Crippen LogP contribution in [0.5, 0.6) is 11.5 Å². The van der Waals surface area contributed by atoms with Gasteiger partial charge in [-0.3, -0.25) is 19.2 Å². The molecular formula is C23H29N3O7S. The van der Waals surface area contributed by atoms with Gasteiger partial charge in [0.25, 0.3) is 5.69 Å². The number of sulfonamides is 1. The average molecular weight is 492 g/mol. The lowest BCUT2D eigenvalue weighted by molar-refractivity contribution is -0.384. The molecule has 1 aliphatic heterocycles. The Morgan fingerprint density at radius 3 is 2.53 bits per heavy atom. The van der Waals surface area contributed by atoms with Crippen LogP contribution in [-0.2, 0) is 14.8 Å². The molecule has 2 aromatic rings. The predicted molar refractivity (Wildman–Crippen MR) is 128 cm³/mol. The Kier molecular flexibility index (Phi) is 7.35. The van der Waals surface area contributed by atoms with E-state index in [0.29, 0.717) is 12.2 Å². The number of ether oxygens (including phenoxy) is 2. The number of para-hydroxylation sites is 1. The molecule has 0 saturated carbocycles. The first-order chi connectivity index (χ1) is 16.0. The number of carbonyl (C=O) groups excluding carboxylic acids is 1. The van der Waals surface area contributed by atoms with Crippen molar-refractivity contribution in [1.82, 2.24) is 5.32 Å². The molecule has 1 amide bonds. The van der Waals surface area contributed by atoms with E-state index in [1.165, 1.54) is 19.2 Å². The minimum Gasteiger partial charge on any atom is -0.495 e. The standard InChI is InChI=1S/C23H29N3O7S/c1-5-23(6-2)14-18(17-9-7-8-10-20(17)33-23)24-22(27)15-25(34(4,30)31)19-13-16(26(28)29)11-12-21(19)32-3/h7-13,18H,5-6,14-15H2,1-4H3,(H,24,27)/t18-/m0/s1. The maximum Gasteiger partial charge on any atom is 0.271 e. The number of hydrogen-bond acceptors (Lipinski definition) is 7. The molecule has 34 heavy (non-hydrogen) atoms. The van der Waals surface area contributed by atoms with Crippen LogP contribution < -0.4 is 19.1 Å². The molecule has 1 aliphatic rings. The second-order valence-electron chi connectivity index (χ2n) is 8.24. The van der Waals surface area contributed by atoms with Crippen molar-refractivity contribution >= 4 is 27.3 Å². The lowest BCUT2D eigenvalue weighted by Gasteiger charge is -2.41. The van der Waals surface area contributed by atoms with Crippen molar-refractivity contribution in [2.45, 2.75) is 44.8 Å². The highest BCUT2D eigenvalue weighted by atomic mass is 32.2. The Morgan fingerprint density at radius 1 is 1.26 bits per heavy atom. The second kappa shape index (κ2) is 9.88. The van der Waals surface area contributed by atoms with Crippen molar-refractivity contribution in [2.24, 2.45) is 0 Å². The molecule has 0 saturated heterocycles. The zero-order chi connectivity index (χ0) is 25.1. The number of non-ortho nitro benzene ring substituents is 1. The van der Waals surface area contributed by atoms with E-state index in [1.54, 1.807) is 0 Å². The van der Waals surface area contributed by atoms with Crippen molar-refractivity contribution in [1.29, 1.82) is 0 Å². The van der Waals surface area contributed by atoms with E-state index in [2.05, 4.69) is 5.32 Å². The van der Waals surface area contributed by atoms with Crippen LogP contribution in [0, 0.1) is 10.1 Å². The molecule has 184 valence electrons. The summed E-state index contributed by atoms with van der Waals surface area (Å²) >= 11 is 0. The summed E-state index contributed by atoms with van der Waals surface area (Å²) in [5.41, 5.74) is -0.0455. The Morgan fingerprint density at radius 2 is 1.94 bits per heavy atom. The smallest absolute Gasteiger partial charge is 0.271 e. The number of fused-ring (bicyclic) bond motifs is 1. The van der Waals surface area contributed by atoms with Crippen molar-refractivity contribution in [3.63, 3.8) is 0 Å². The number of nitro groups is 1. The molecule has 2 aromatic carbocycles. The molecule has 1 N–H and O–H groups in total. The first-order valence-electron chi connectivity index (χ1n) is 10.9. The van der Waals surface area contributed by atoms with E-state index in [1.807, 2.05) is 38.1 Å². The van der Waals surface area contributed by atoms with Gasteiger partial charge in [0.1, 0.15) is 29.3 Å². The third kappa shape index (κ3) is 5.24. The Hall–Kier alpha value is -3.34. The summed E-state index contributed by atoms with van der Waals surface area (Å²) < 4.78 is 37.5. The maximum atomic E-state index is 13.1. The lowest BCUT2D eigenvalue weighted by Crippen LogP contribution is -2.47. The van der Waals surface area contributed by atoms with Gasteiger partial charge in [0.05, 0.1) is 24.3 Å². The summed E-state index contributed by atoms with van der Waals surface area (Å²) in [7, 11) is -2.66. The SMILES string of the molecule is CCC1(CC)C[C@H](NC(=O)CN(c2cc([N+](=O)[O-])ccc2OC)S(C)(=O)=O)c2ccccc2O1. The first kappa shape index (κ1) is 25.3. The van der Waals surface area contributed by atoms with Gasteiger partial charge in [0.15, 0.2) is 0 Å². The molecule has 3 rings (SSSR count). The summed E-state index contributed by atoms with van der Waals surface area (Å²) in [6.07, 6.45) is 2.94. The summed E-state index contributed by atoms with van der Waals surface area (Å²) in [5.74, 6) is 0.223.